The summed E-state index contributed by atoms with van der Waals surface area (Å²) in [5, 5.41) is 0.749. The molecule has 0 aromatic heterocycles. The molecule has 0 bridgehead atoms. The fourth-order valence-corrected chi connectivity index (χ4v) is 2.81. The standard InChI is InChI=1S/C13H16ClIO/c1-9-4-2-3-5-12(9)16-13-8-10(14)6-7-11(13)15/h6-9,12H,2-5H2,1H3. The Labute approximate surface area is 116 Å². The zero-order chi connectivity index (χ0) is 11.5. The van der Waals surface area contributed by atoms with Gasteiger partial charge >= 0.3 is 0 Å². The van der Waals surface area contributed by atoms with Crippen LogP contribution in [0.3, 0.4) is 0 Å². The molecule has 2 unspecified atom stereocenters. The van der Waals surface area contributed by atoms with Gasteiger partial charge in [0, 0.05) is 5.02 Å². The van der Waals surface area contributed by atoms with Crippen molar-refractivity contribution in [2.24, 2.45) is 5.92 Å². The van der Waals surface area contributed by atoms with E-state index in [9.17, 15) is 0 Å². The molecule has 16 heavy (non-hydrogen) atoms. The van der Waals surface area contributed by atoms with E-state index >= 15 is 0 Å². The number of hydrogen-bond donors (Lipinski definition) is 0. The fraction of sp³-hybridized carbons (Fsp3) is 0.538. The van der Waals surface area contributed by atoms with Crippen molar-refractivity contribution >= 4 is 34.2 Å². The summed E-state index contributed by atoms with van der Waals surface area (Å²) in [6.45, 7) is 2.28. The van der Waals surface area contributed by atoms with Gasteiger partial charge in [0.2, 0.25) is 0 Å². The van der Waals surface area contributed by atoms with Gasteiger partial charge in [-0.05, 0) is 66.0 Å². The van der Waals surface area contributed by atoms with E-state index in [1.165, 1.54) is 25.7 Å². The summed E-state index contributed by atoms with van der Waals surface area (Å²) < 4.78 is 7.23. The number of ether oxygens (including phenoxy) is 1. The zero-order valence-corrected chi connectivity index (χ0v) is 12.3. The molecule has 88 valence electrons. The van der Waals surface area contributed by atoms with Crippen LogP contribution in [0.25, 0.3) is 0 Å². The van der Waals surface area contributed by atoms with Crippen LogP contribution in [-0.2, 0) is 0 Å². The van der Waals surface area contributed by atoms with E-state index in [-0.39, 0.29) is 0 Å². The lowest BCUT2D eigenvalue weighted by Crippen LogP contribution is -2.28. The minimum absolute atomic E-state index is 0.362. The summed E-state index contributed by atoms with van der Waals surface area (Å²) >= 11 is 8.28. The van der Waals surface area contributed by atoms with Crippen LogP contribution in [0, 0.1) is 9.49 Å². The summed E-state index contributed by atoms with van der Waals surface area (Å²) in [6.07, 6.45) is 5.44. The Morgan fingerprint density at radius 3 is 2.81 bits per heavy atom. The Morgan fingerprint density at radius 1 is 1.31 bits per heavy atom. The zero-order valence-electron chi connectivity index (χ0n) is 9.38. The van der Waals surface area contributed by atoms with Crippen LogP contribution < -0.4 is 4.74 Å². The molecule has 1 aromatic carbocycles. The SMILES string of the molecule is CC1CCCCC1Oc1cc(Cl)ccc1I. The highest BCUT2D eigenvalue weighted by molar-refractivity contribution is 14.1. The van der Waals surface area contributed by atoms with Crippen LogP contribution in [0.4, 0.5) is 0 Å². The highest BCUT2D eigenvalue weighted by Gasteiger charge is 2.23. The molecule has 0 radical (unpaired) electrons. The van der Waals surface area contributed by atoms with Gasteiger partial charge in [-0.1, -0.05) is 24.9 Å². The van der Waals surface area contributed by atoms with Crippen LogP contribution in [0.5, 0.6) is 5.75 Å². The predicted octanol–water partition coefficient (Wildman–Crippen LogP) is 4.90. The summed E-state index contributed by atoms with van der Waals surface area (Å²) in [4.78, 5) is 0. The second-order valence-corrected chi connectivity index (χ2v) is 6.09. The molecule has 1 nitrogen and oxygen atoms in total. The molecule has 1 aliphatic rings. The third-order valence-corrected chi connectivity index (χ3v) is 4.33. The first-order valence-corrected chi connectivity index (χ1v) is 7.24. The highest BCUT2D eigenvalue weighted by Crippen LogP contribution is 2.31. The second kappa shape index (κ2) is 5.58. The first kappa shape index (κ1) is 12.5. The molecule has 1 saturated carbocycles. The van der Waals surface area contributed by atoms with Gasteiger partial charge < -0.3 is 4.74 Å². The van der Waals surface area contributed by atoms with Gasteiger partial charge in [-0.2, -0.15) is 0 Å². The lowest BCUT2D eigenvalue weighted by molar-refractivity contribution is 0.102. The van der Waals surface area contributed by atoms with E-state index in [1.807, 2.05) is 18.2 Å². The summed E-state index contributed by atoms with van der Waals surface area (Å²) in [5.74, 6) is 1.59. The summed E-state index contributed by atoms with van der Waals surface area (Å²) in [5.41, 5.74) is 0. The Balaban J connectivity index is 2.10. The maximum Gasteiger partial charge on any atom is 0.134 e. The fourth-order valence-electron chi connectivity index (χ4n) is 2.19. The molecule has 0 heterocycles. The molecule has 0 N–H and O–H groups in total. The van der Waals surface area contributed by atoms with Gasteiger partial charge in [0.15, 0.2) is 0 Å². The maximum atomic E-state index is 6.09. The molecule has 1 fully saturated rings. The van der Waals surface area contributed by atoms with E-state index in [2.05, 4.69) is 29.5 Å². The van der Waals surface area contributed by atoms with Crippen LogP contribution >= 0.6 is 34.2 Å². The molecule has 0 aliphatic heterocycles. The molecule has 2 atom stereocenters. The van der Waals surface area contributed by atoms with Crippen molar-refractivity contribution in [3.63, 3.8) is 0 Å². The lowest BCUT2D eigenvalue weighted by Gasteiger charge is -2.29. The molecule has 0 amide bonds. The van der Waals surface area contributed by atoms with Crippen molar-refractivity contribution in [2.45, 2.75) is 38.7 Å². The lowest BCUT2D eigenvalue weighted by atomic mass is 9.88. The average Bonchev–Trinajstić information content (AvgIpc) is 2.27. The van der Waals surface area contributed by atoms with E-state index in [0.29, 0.717) is 12.0 Å². The predicted molar refractivity (Wildman–Crippen MR) is 76.2 cm³/mol. The van der Waals surface area contributed by atoms with Crippen LogP contribution in [0.15, 0.2) is 18.2 Å². The largest absolute Gasteiger partial charge is 0.489 e. The molecule has 1 aliphatic carbocycles. The van der Waals surface area contributed by atoms with Gasteiger partial charge in [-0.3, -0.25) is 0 Å². The maximum absolute atomic E-state index is 6.09. The Hall–Kier alpha value is 0.0400. The van der Waals surface area contributed by atoms with Gasteiger partial charge in [-0.25, -0.2) is 0 Å². The smallest absolute Gasteiger partial charge is 0.134 e. The van der Waals surface area contributed by atoms with Crippen LogP contribution in [-0.4, -0.2) is 6.10 Å². The Bertz CT molecular complexity index is 367. The van der Waals surface area contributed by atoms with Crippen LogP contribution in [0.2, 0.25) is 5.02 Å². The number of hydrogen-bond acceptors (Lipinski definition) is 1. The monoisotopic (exact) mass is 350 g/mol. The van der Waals surface area contributed by atoms with Crippen molar-refractivity contribution in [1.82, 2.24) is 0 Å². The third-order valence-electron chi connectivity index (χ3n) is 3.20. The molecule has 0 saturated heterocycles. The van der Waals surface area contributed by atoms with Gasteiger partial charge in [0.05, 0.1) is 3.57 Å². The van der Waals surface area contributed by atoms with Gasteiger partial charge in [0.1, 0.15) is 11.9 Å². The number of halogens is 2. The van der Waals surface area contributed by atoms with Crippen molar-refractivity contribution in [1.29, 1.82) is 0 Å². The second-order valence-electron chi connectivity index (χ2n) is 4.49. The van der Waals surface area contributed by atoms with Gasteiger partial charge in [0.25, 0.3) is 0 Å². The van der Waals surface area contributed by atoms with Crippen molar-refractivity contribution in [2.75, 3.05) is 0 Å². The van der Waals surface area contributed by atoms with E-state index in [4.69, 9.17) is 16.3 Å². The Morgan fingerprint density at radius 2 is 2.06 bits per heavy atom. The molecule has 3 heteroatoms. The molecule has 2 rings (SSSR count). The van der Waals surface area contributed by atoms with Crippen molar-refractivity contribution in [3.05, 3.63) is 26.8 Å². The molecular formula is C13H16ClIO. The van der Waals surface area contributed by atoms with E-state index < -0.39 is 0 Å². The topological polar surface area (TPSA) is 9.23 Å². The molecule has 1 aromatic rings. The number of benzene rings is 1. The van der Waals surface area contributed by atoms with Gasteiger partial charge in [-0.15, -0.1) is 0 Å². The number of rotatable bonds is 2. The molecule has 0 spiro atoms. The molecular weight excluding hydrogens is 334 g/mol. The van der Waals surface area contributed by atoms with E-state index in [0.717, 1.165) is 14.3 Å². The summed E-state index contributed by atoms with van der Waals surface area (Å²) in [7, 11) is 0. The Kier molecular flexibility index (Phi) is 4.36. The first-order chi connectivity index (χ1) is 7.66. The third kappa shape index (κ3) is 3.04. The minimum Gasteiger partial charge on any atom is -0.489 e. The quantitative estimate of drug-likeness (QED) is 0.689. The summed E-state index contributed by atoms with van der Waals surface area (Å²) in [6, 6.07) is 5.83. The average molecular weight is 351 g/mol. The highest BCUT2D eigenvalue weighted by atomic mass is 127. The van der Waals surface area contributed by atoms with Crippen molar-refractivity contribution in [3.8, 4) is 5.75 Å². The van der Waals surface area contributed by atoms with Crippen molar-refractivity contribution < 1.29 is 4.74 Å². The van der Waals surface area contributed by atoms with E-state index in [1.54, 1.807) is 0 Å². The minimum atomic E-state index is 0.362. The van der Waals surface area contributed by atoms with Crippen LogP contribution in [0.1, 0.15) is 32.6 Å². The first-order valence-electron chi connectivity index (χ1n) is 5.78. The normalized spacial score (nSPS) is 25.4.